The van der Waals surface area contributed by atoms with Crippen LogP contribution in [0.15, 0.2) is 17.0 Å². The number of hydrogen-bond acceptors (Lipinski definition) is 5. The highest BCUT2D eigenvalue weighted by molar-refractivity contribution is 7.98. The molecule has 7 heteroatoms. The van der Waals surface area contributed by atoms with Crippen molar-refractivity contribution < 1.29 is 14.3 Å². The van der Waals surface area contributed by atoms with Crippen molar-refractivity contribution in [1.29, 1.82) is 0 Å². The minimum Gasteiger partial charge on any atom is -0.493 e. The highest BCUT2D eigenvalue weighted by atomic mass is 35.5. The average molecular weight is 417 g/mol. The summed E-state index contributed by atoms with van der Waals surface area (Å²) in [5.74, 6) is 2.70. The van der Waals surface area contributed by atoms with Crippen LogP contribution in [-0.2, 0) is 11.3 Å². The summed E-state index contributed by atoms with van der Waals surface area (Å²) in [6.07, 6.45) is 4.99. The van der Waals surface area contributed by atoms with Crippen LogP contribution in [0.25, 0.3) is 0 Å². The number of ether oxygens (including phenoxy) is 2. The molecule has 0 radical (unpaired) electrons. The molecule has 5 nitrogen and oxygen atoms in total. The van der Waals surface area contributed by atoms with E-state index in [1.165, 1.54) is 12.8 Å². The molecule has 154 valence electrons. The maximum absolute atomic E-state index is 12.7. The average Bonchev–Trinajstić information content (AvgIpc) is 2.67. The van der Waals surface area contributed by atoms with Gasteiger partial charge in [-0.1, -0.05) is 6.92 Å². The molecule has 1 aliphatic rings. The maximum atomic E-state index is 12.7. The molecule has 1 amide bonds. The molecule has 1 unspecified atom stereocenters. The molecule has 0 aliphatic carbocycles. The molecule has 0 bridgehead atoms. The largest absolute Gasteiger partial charge is 0.493 e. The number of methoxy groups -OCH3 is 2. The number of piperidine rings is 1. The van der Waals surface area contributed by atoms with Crippen LogP contribution < -0.4 is 14.8 Å². The molecule has 0 aromatic heterocycles. The second kappa shape index (κ2) is 11.7. The van der Waals surface area contributed by atoms with Gasteiger partial charge in [0.25, 0.3) is 0 Å². The van der Waals surface area contributed by atoms with Gasteiger partial charge in [-0.15, -0.1) is 24.2 Å². The van der Waals surface area contributed by atoms with Gasteiger partial charge in [0, 0.05) is 24.9 Å². The Kier molecular flexibility index (Phi) is 10.3. The van der Waals surface area contributed by atoms with Gasteiger partial charge in [0.1, 0.15) is 0 Å². The van der Waals surface area contributed by atoms with Crippen molar-refractivity contribution in [2.45, 2.75) is 37.6 Å². The van der Waals surface area contributed by atoms with Gasteiger partial charge in [-0.25, -0.2) is 0 Å². The van der Waals surface area contributed by atoms with Crippen molar-refractivity contribution in [2.24, 2.45) is 11.8 Å². The maximum Gasteiger partial charge on any atom is 0.222 e. The fourth-order valence-electron chi connectivity index (χ4n) is 3.57. The van der Waals surface area contributed by atoms with Crippen LogP contribution in [0.1, 0.15) is 31.7 Å². The summed E-state index contributed by atoms with van der Waals surface area (Å²) in [7, 11) is 5.16. The molecule has 0 saturated carbocycles. The fraction of sp³-hybridized carbons (Fsp3) is 0.650. The number of nitrogens with one attached hydrogen (secondary N) is 1. The second-order valence-electron chi connectivity index (χ2n) is 7.04. The molecule has 0 spiro atoms. The van der Waals surface area contributed by atoms with E-state index >= 15 is 0 Å². The van der Waals surface area contributed by atoms with Gasteiger partial charge < -0.3 is 19.7 Å². The van der Waals surface area contributed by atoms with E-state index in [9.17, 15) is 4.79 Å². The van der Waals surface area contributed by atoms with E-state index in [2.05, 4.69) is 12.2 Å². The predicted octanol–water partition coefficient (Wildman–Crippen LogP) is 3.83. The van der Waals surface area contributed by atoms with E-state index in [1.807, 2.05) is 30.3 Å². The Balaban J connectivity index is 0.00000364. The minimum absolute atomic E-state index is 0. The first-order chi connectivity index (χ1) is 12.5. The Morgan fingerprint density at radius 3 is 2.41 bits per heavy atom. The van der Waals surface area contributed by atoms with Gasteiger partial charge in [-0.3, -0.25) is 4.79 Å². The molecule has 1 fully saturated rings. The van der Waals surface area contributed by atoms with Crippen molar-refractivity contribution in [1.82, 2.24) is 10.2 Å². The number of carbonyl (C=O) groups excluding carboxylic acids is 1. The molecular formula is C20H33ClN2O3S. The lowest BCUT2D eigenvalue weighted by Gasteiger charge is -2.29. The molecule has 2 rings (SSSR count). The topological polar surface area (TPSA) is 50.8 Å². The van der Waals surface area contributed by atoms with Gasteiger partial charge in [0.2, 0.25) is 5.91 Å². The van der Waals surface area contributed by atoms with Gasteiger partial charge in [0.05, 0.1) is 14.2 Å². The summed E-state index contributed by atoms with van der Waals surface area (Å²) < 4.78 is 10.8. The normalized spacial score (nSPS) is 15.6. The first kappa shape index (κ1) is 23.9. The molecular weight excluding hydrogens is 384 g/mol. The highest BCUT2D eigenvalue weighted by Crippen LogP contribution is 2.35. The molecule has 1 N–H and O–H groups in total. The summed E-state index contributed by atoms with van der Waals surface area (Å²) >= 11 is 1.65. The first-order valence-corrected chi connectivity index (χ1v) is 10.5. The van der Waals surface area contributed by atoms with Crippen molar-refractivity contribution >= 4 is 30.1 Å². The number of nitrogens with zero attached hydrogens (tertiary/aromatic N) is 1. The third-order valence-corrected chi connectivity index (χ3v) is 6.12. The Morgan fingerprint density at radius 2 is 1.85 bits per heavy atom. The van der Waals surface area contributed by atoms with Crippen LogP contribution in [0.2, 0.25) is 0 Å². The number of hydrogen-bond donors (Lipinski definition) is 1. The zero-order chi connectivity index (χ0) is 19.1. The van der Waals surface area contributed by atoms with Crippen LogP contribution in [-0.4, -0.2) is 51.4 Å². The summed E-state index contributed by atoms with van der Waals surface area (Å²) in [5.41, 5.74) is 1.08. The quantitative estimate of drug-likeness (QED) is 0.652. The number of amides is 1. The summed E-state index contributed by atoms with van der Waals surface area (Å²) in [5, 5.41) is 3.39. The molecule has 1 aromatic rings. The number of halogens is 1. The molecule has 1 aliphatic heterocycles. The highest BCUT2D eigenvalue weighted by Gasteiger charge is 2.24. The lowest BCUT2D eigenvalue weighted by atomic mass is 9.84. The van der Waals surface area contributed by atoms with Crippen molar-refractivity contribution in [3.8, 4) is 11.5 Å². The van der Waals surface area contributed by atoms with E-state index < -0.39 is 0 Å². The van der Waals surface area contributed by atoms with Crippen LogP contribution >= 0.6 is 24.2 Å². The van der Waals surface area contributed by atoms with Crippen molar-refractivity contribution in [3.05, 3.63) is 17.7 Å². The zero-order valence-electron chi connectivity index (χ0n) is 17.0. The van der Waals surface area contributed by atoms with Crippen LogP contribution in [0.3, 0.4) is 0 Å². The molecule has 27 heavy (non-hydrogen) atoms. The molecule has 1 saturated heterocycles. The second-order valence-corrected chi connectivity index (χ2v) is 7.89. The van der Waals surface area contributed by atoms with Crippen molar-refractivity contribution in [3.63, 3.8) is 0 Å². The minimum atomic E-state index is 0. The van der Waals surface area contributed by atoms with E-state index in [-0.39, 0.29) is 18.3 Å². The summed E-state index contributed by atoms with van der Waals surface area (Å²) in [4.78, 5) is 15.7. The van der Waals surface area contributed by atoms with Gasteiger partial charge in [-0.2, -0.15) is 0 Å². The van der Waals surface area contributed by atoms with Gasteiger partial charge in [-0.05, 0) is 61.7 Å². The lowest BCUT2D eigenvalue weighted by molar-refractivity contribution is -0.131. The number of thioether (sulfide) groups is 1. The number of carbonyl (C=O) groups is 1. The van der Waals surface area contributed by atoms with Crippen LogP contribution in [0.4, 0.5) is 0 Å². The predicted molar refractivity (Wildman–Crippen MR) is 114 cm³/mol. The Bertz CT molecular complexity index is 609. The lowest BCUT2D eigenvalue weighted by Crippen LogP contribution is -2.34. The summed E-state index contributed by atoms with van der Waals surface area (Å²) in [6, 6.07) is 3.96. The van der Waals surface area contributed by atoms with E-state index in [1.54, 1.807) is 26.0 Å². The van der Waals surface area contributed by atoms with Gasteiger partial charge in [0.15, 0.2) is 11.5 Å². The molecule has 1 atom stereocenters. The van der Waals surface area contributed by atoms with Crippen LogP contribution in [0, 0.1) is 11.8 Å². The summed E-state index contributed by atoms with van der Waals surface area (Å²) in [6.45, 7) is 4.93. The standard InChI is InChI=1S/C20H32N2O3S.ClH/c1-14(15-6-8-21-9-7-15)10-20(23)22(2)13-16-11-17(24-3)18(25-4)12-19(16)26-5;/h11-12,14-15,21H,6-10,13H2,1-5H3;1H. The Hall–Kier alpha value is -1.11. The third kappa shape index (κ3) is 6.47. The monoisotopic (exact) mass is 416 g/mol. The molecule has 1 heterocycles. The number of benzene rings is 1. The molecule has 1 aromatic carbocycles. The number of rotatable bonds is 8. The van der Waals surface area contributed by atoms with Gasteiger partial charge >= 0.3 is 0 Å². The first-order valence-electron chi connectivity index (χ1n) is 9.23. The third-order valence-electron chi connectivity index (χ3n) is 5.31. The fourth-order valence-corrected chi connectivity index (χ4v) is 4.18. The zero-order valence-corrected chi connectivity index (χ0v) is 18.7. The van der Waals surface area contributed by atoms with E-state index in [0.29, 0.717) is 36.3 Å². The Labute approximate surface area is 174 Å². The SMILES string of the molecule is COc1cc(CN(C)C(=O)CC(C)C2CCNCC2)c(SC)cc1OC.Cl. The van der Waals surface area contributed by atoms with E-state index in [4.69, 9.17) is 9.47 Å². The van der Waals surface area contributed by atoms with Crippen molar-refractivity contribution in [2.75, 3.05) is 40.6 Å². The van der Waals surface area contributed by atoms with Crippen LogP contribution in [0.5, 0.6) is 11.5 Å². The smallest absolute Gasteiger partial charge is 0.222 e. The van der Waals surface area contributed by atoms with E-state index in [0.717, 1.165) is 23.5 Å². The Morgan fingerprint density at radius 1 is 1.26 bits per heavy atom.